The molecule has 1 atom stereocenters. The normalized spacial score (nSPS) is 19.4. The fourth-order valence-corrected chi connectivity index (χ4v) is 4.36. The predicted molar refractivity (Wildman–Crippen MR) is 92.7 cm³/mol. The minimum atomic E-state index is 0.553. The van der Waals surface area contributed by atoms with Crippen LogP contribution in [0.4, 0.5) is 0 Å². The van der Waals surface area contributed by atoms with Gasteiger partial charge in [-0.15, -0.1) is 0 Å². The first-order chi connectivity index (χ1) is 9.76. The summed E-state index contributed by atoms with van der Waals surface area (Å²) >= 11 is 4.02. The number of benzene rings is 1. The Kier molecular flexibility index (Phi) is 6.61. The van der Waals surface area contributed by atoms with E-state index in [4.69, 9.17) is 0 Å². The molecule has 0 aliphatic heterocycles. The molecule has 1 fully saturated rings. The van der Waals surface area contributed by atoms with Crippen LogP contribution in [0.25, 0.3) is 0 Å². The third kappa shape index (κ3) is 4.10. The summed E-state index contributed by atoms with van der Waals surface area (Å²) in [7, 11) is 0. The third-order valence-corrected chi connectivity index (χ3v) is 6.15. The summed E-state index contributed by atoms with van der Waals surface area (Å²) in [6.45, 7) is 4.53. The molecular weight excluding hydrogens is 308 g/mol. The van der Waals surface area contributed by atoms with Crippen LogP contribution in [0.15, 0.2) is 18.2 Å². The number of rotatable bonds is 4. The van der Waals surface area contributed by atoms with Crippen molar-refractivity contribution in [2.45, 2.75) is 76.5 Å². The van der Waals surface area contributed by atoms with Gasteiger partial charge in [-0.3, -0.25) is 0 Å². The molecule has 0 amide bonds. The molecule has 1 aliphatic rings. The average molecular weight is 337 g/mol. The largest absolute Gasteiger partial charge is 0.0836 e. The molecule has 0 nitrogen and oxygen atoms in total. The monoisotopic (exact) mass is 336 g/mol. The van der Waals surface area contributed by atoms with Crippen molar-refractivity contribution in [3.8, 4) is 0 Å². The quantitative estimate of drug-likeness (QED) is 0.542. The van der Waals surface area contributed by atoms with Crippen molar-refractivity contribution in [3.63, 3.8) is 0 Å². The van der Waals surface area contributed by atoms with Crippen molar-refractivity contribution in [2.24, 2.45) is 5.92 Å². The molecule has 0 bridgehead atoms. The van der Waals surface area contributed by atoms with Crippen molar-refractivity contribution in [1.82, 2.24) is 0 Å². The Labute approximate surface area is 133 Å². The summed E-state index contributed by atoms with van der Waals surface area (Å²) < 4.78 is 0. The standard InChI is InChI=1S/C19H29Br/c1-3-15-12-13-18(14-16(15)4-2)19(20)17-10-8-6-5-7-9-11-17/h12-14,17,19H,3-11H2,1-2H3. The molecule has 0 saturated heterocycles. The minimum absolute atomic E-state index is 0.553. The van der Waals surface area contributed by atoms with Gasteiger partial charge in [0.15, 0.2) is 0 Å². The summed E-state index contributed by atoms with van der Waals surface area (Å²) in [6, 6.07) is 7.17. The maximum Gasteiger partial charge on any atom is 0.0423 e. The first-order valence-electron chi connectivity index (χ1n) is 8.52. The van der Waals surface area contributed by atoms with E-state index in [1.807, 2.05) is 0 Å². The Balaban J connectivity index is 2.12. The SMILES string of the molecule is CCc1ccc(C(Br)C2CCCCCCC2)cc1CC. The van der Waals surface area contributed by atoms with E-state index in [1.54, 1.807) is 5.56 Å². The van der Waals surface area contributed by atoms with Crippen LogP contribution in [0, 0.1) is 5.92 Å². The van der Waals surface area contributed by atoms with Gasteiger partial charge >= 0.3 is 0 Å². The molecule has 0 aromatic heterocycles. The lowest BCUT2D eigenvalue weighted by Gasteiger charge is -2.25. The molecule has 20 heavy (non-hydrogen) atoms. The zero-order valence-corrected chi connectivity index (χ0v) is 14.7. The Hall–Kier alpha value is -0.300. The molecule has 1 unspecified atom stereocenters. The highest BCUT2D eigenvalue weighted by Gasteiger charge is 2.21. The Bertz CT molecular complexity index is 402. The second-order valence-corrected chi connectivity index (χ2v) is 7.23. The van der Waals surface area contributed by atoms with Gasteiger partial charge in [0.2, 0.25) is 0 Å². The number of alkyl halides is 1. The zero-order chi connectivity index (χ0) is 14.4. The molecule has 1 heteroatoms. The van der Waals surface area contributed by atoms with Crippen LogP contribution >= 0.6 is 15.9 Å². The second-order valence-electron chi connectivity index (χ2n) is 6.24. The van der Waals surface area contributed by atoms with Gasteiger partial charge in [-0.1, -0.05) is 80.1 Å². The number of hydrogen-bond donors (Lipinski definition) is 0. The van der Waals surface area contributed by atoms with Crippen molar-refractivity contribution < 1.29 is 0 Å². The van der Waals surface area contributed by atoms with E-state index in [-0.39, 0.29) is 0 Å². The molecule has 0 N–H and O–H groups in total. The fourth-order valence-electron chi connectivity index (χ4n) is 3.54. The van der Waals surface area contributed by atoms with Gasteiger partial charge in [0.1, 0.15) is 0 Å². The maximum atomic E-state index is 4.02. The first-order valence-corrected chi connectivity index (χ1v) is 9.43. The third-order valence-electron chi connectivity index (χ3n) is 4.87. The van der Waals surface area contributed by atoms with Gasteiger partial charge in [-0.25, -0.2) is 0 Å². The van der Waals surface area contributed by atoms with Crippen LogP contribution in [-0.2, 0) is 12.8 Å². The number of halogens is 1. The molecule has 0 spiro atoms. The summed E-state index contributed by atoms with van der Waals surface area (Å²) in [5.41, 5.74) is 4.57. The molecule has 0 radical (unpaired) electrons. The van der Waals surface area contributed by atoms with Gasteiger partial charge in [0.05, 0.1) is 0 Å². The smallest absolute Gasteiger partial charge is 0.0423 e. The van der Waals surface area contributed by atoms with E-state index in [2.05, 4.69) is 48.0 Å². The summed E-state index contributed by atoms with van der Waals surface area (Å²) in [5, 5.41) is 0. The van der Waals surface area contributed by atoms with E-state index in [1.165, 1.54) is 56.1 Å². The zero-order valence-electron chi connectivity index (χ0n) is 13.1. The van der Waals surface area contributed by atoms with Gasteiger partial charge in [-0.2, -0.15) is 0 Å². The van der Waals surface area contributed by atoms with Crippen molar-refractivity contribution in [2.75, 3.05) is 0 Å². The van der Waals surface area contributed by atoms with Crippen LogP contribution in [0.3, 0.4) is 0 Å². The van der Waals surface area contributed by atoms with Gasteiger partial charge in [0.25, 0.3) is 0 Å². The summed E-state index contributed by atoms with van der Waals surface area (Å²) in [5.74, 6) is 0.826. The van der Waals surface area contributed by atoms with Crippen LogP contribution in [-0.4, -0.2) is 0 Å². The molecule has 0 heterocycles. The summed E-state index contributed by atoms with van der Waals surface area (Å²) in [6.07, 6.45) is 12.3. The van der Waals surface area contributed by atoms with Crippen LogP contribution < -0.4 is 0 Å². The lowest BCUT2D eigenvalue weighted by atomic mass is 9.85. The highest BCUT2D eigenvalue weighted by atomic mass is 79.9. The topological polar surface area (TPSA) is 0 Å². The number of aryl methyl sites for hydroxylation is 2. The Morgan fingerprint density at radius 1 is 0.950 bits per heavy atom. The van der Waals surface area contributed by atoms with Crippen molar-refractivity contribution in [3.05, 3.63) is 34.9 Å². The fraction of sp³-hybridized carbons (Fsp3) is 0.684. The van der Waals surface area contributed by atoms with E-state index < -0.39 is 0 Å². The van der Waals surface area contributed by atoms with Crippen LogP contribution in [0.1, 0.15) is 80.3 Å². The van der Waals surface area contributed by atoms with Crippen molar-refractivity contribution in [1.29, 1.82) is 0 Å². The van der Waals surface area contributed by atoms with E-state index >= 15 is 0 Å². The molecular formula is C19H29Br. The second kappa shape index (κ2) is 8.22. The highest BCUT2D eigenvalue weighted by molar-refractivity contribution is 9.09. The van der Waals surface area contributed by atoms with E-state index in [0.717, 1.165) is 18.8 Å². The van der Waals surface area contributed by atoms with Crippen LogP contribution in [0.2, 0.25) is 0 Å². The molecule has 2 rings (SSSR count). The van der Waals surface area contributed by atoms with Crippen LogP contribution in [0.5, 0.6) is 0 Å². The predicted octanol–water partition coefficient (Wildman–Crippen LogP) is 6.61. The van der Waals surface area contributed by atoms with Gasteiger partial charge in [-0.05, 0) is 48.3 Å². The van der Waals surface area contributed by atoms with Gasteiger partial charge in [0, 0.05) is 4.83 Å². The molecule has 1 saturated carbocycles. The molecule has 112 valence electrons. The highest BCUT2D eigenvalue weighted by Crippen LogP contribution is 2.39. The molecule has 1 aliphatic carbocycles. The Morgan fingerprint density at radius 3 is 2.15 bits per heavy atom. The lowest BCUT2D eigenvalue weighted by Crippen LogP contribution is -2.10. The molecule has 1 aromatic rings. The maximum absolute atomic E-state index is 4.02. The lowest BCUT2D eigenvalue weighted by molar-refractivity contribution is 0.374. The van der Waals surface area contributed by atoms with Crippen molar-refractivity contribution >= 4 is 15.9 Å². The van der Waals surface area contributed by atoms with E-state index in [9.17, 15) is 0 Å². The van der Waals surface area contributed by atoms with E-state index in [0.29, 0.717) is 4.83 Å². The Morgan fingerprint density at radius 2 is 1.55 bits per heavy atom. The molecule has 1 aromatic carbocycles. The van der Waals surface area contributed by atoms with Gasteiger partial charge < -0.3 is 0 Å². The number of hydrogen-bond acceptors (Lipinski definition) is 0. The first kappa shape index (κ1) is 16.1. The summed E-state index contributed by atoms with van der Waals surface area (Å²) in [4.78, 5) is 0.553. The average Bonchev–Trinajstić information content (AvgIpc) is 2.45. The minimum Gasteiger partial charge on any atom is -0.0836 e.